The number of nitrogens with one attached hydrogen (secondary N) is 1. The van der Waals surface area contributed by atoms with Gasteiger partial charge in [-0.3, -0.25) is 15.0 Å². The molecule has 0 radical (unpaired) electrons. The third kappa shape index (κ3) is 2.84. The van der Waals surface area contributed by atoms with Crippen LogP contribution in [0.5, 0.6) is 5.75 Å². The molecule has 0 saturated heterocycles. The van der Waals surface area contributed by atoms with Crippen LogP contribution in [0.25, 0.3) is 5.70 Å². The van der Waals surface area contributed by atoms with Gasteiger partial charge in [0.1, 0.15) is 17.3 Å². The van der Waals surface area contributed by atoms with Crippen LogP contribution in [0, 0.1) is 5.82 Å². The van der Waals surface area contributed by atoms with Crippen molar-refractivity contribution in [3.63, 3.8) is 0 Å². The molecule has 1 aliphatic rings. The van der Waals surface area contributed by atoms with Crippen molar-refractivity contribution in [1.82, 2.24) is 5.32 Å². The van der Waals surface area contributed by atoms with Gasteiger partial charge in [-0.05, 0) is 18.2 Å². The first-order chi connectivity index (χ1) is 10.1. The van der Waals surface area contributed by atoms with Crippen molar-refractivity contribution in [1.29, 1.82) is 0 Å². The van der Waals surface area contributed by atoms with E-state index in [0.29, 0.717) is 34.3 Å². The molecule has 1 aromatic carbocycles. The Morgan fingerprint density at radius 1 is 1.10 bits per heavy atom. The molecule has 5 nitrogen and oxygen atoms in total. The molecule has 21 heavy (non-hydrogen) atoms. The molecular formula is C15H17FN4O. The number of hydrogen-bond donors (Lipinski definition) is 1. The number of aliphatic imine (C=N–C) groups is 3. The van der Waals surface area contributed by atoms with E-state index >= 15 is 0 Å². The second kappa shape index (κ2) is 6.30. The molecule has 0 aliphatic carbocycles. The van der Waals surface area contributed by atoms with Crippen LogP contribution in [0.3, 0.4) is 0 Å². The summed E-state index contributed by atoms with van der Waals surface area (Å²) in [6, 6.07) is 4.70. The van der Waals surface area contributed by atoms with Gasteiger partial charge in [0, 0.05) is 32.8 Å². The van der Waals surface area contributed by atoms with E-state index in [4.69, 9.17) is 4.74 Å². The van der Waals surface area contributed by atoms with Gasteiger partial charge in [0.05, 0.1) is 18.5 Å². The third-order valence-corrected chi connectivity index (χ3v) is 3.16. The predicted molar refractivity (Wildman–Crippen MR) is 84.1 cm³/mol. The number of amidine groups is 1. The Labute approximate surface area is 123 Å². The molecule has 1 heterocycles. The van der Waals surface area contributed by atoms with Crippen LogP contribution in [0.1, 0.15) is 5.56 Å². The number of allylic oxidation sites excluding steroid dienone is 1. The topological polar surface area (TPSA) is 58.3 Å². The molecule has 2 rings (SSSR count). The molecule has 1 aliphatic heterocycles. The standard InChI is InChI=1S/C15H17FN4O/c1-17-13-8-12(20-15(19-3)14(13)18-2)10-6-5-9(21-4)7-11(10)16/h5-8H,1-4H3,(H,19,20). The minimum Gasteiger partial charge on any atom is -0.497 e. The lowest BCUT2D eigenvalue weighted by atomic mass is 10.0. The van der Waals surface area contributed by atoms with E-state index in [1.165, 1.54) is 13.2 Å². The molecule has 1 aromatic rings. The summed E-state index contributed by atoms with van der Waals surface area (Å²) in [5, 5.41) is 3.08. The highest BCUT2D eigenvalue weighted by atomic mass is 19.1. The average molecular weight is 288 g/mol. The molecule has 0 atom stereocenters. The summed E-state index contributed by atoms with van der Waals surface area (Å²) in [7, 11) is 6.48. The molecule has 110 valence electrons. The Morgan fingerprint density at radius 2 is 1.86 bits per heavy atom. The lowest BCUT2D eigenvalue weighted by Gasteiger charge is -2.21. The lowest BCUT2D eigenvalue weighted by molar-refractivity contribution is 0.411. The fourth-order valence-electron chi connectivity index (χ4n) is 2.09. The molecule has 0 aromatic heterocycles. The van der Waals surface area contributed by atoms with Crippen molar-refractivity contribution < 1.29 is 9.13 Å². The van der Waals surface area contributed by atoms with Crippen LogP contribution in [0.15, 0.2) is 39.3 Å². The van der Waals surface area contributed by atoms with Crippen LogP contribution < -0.4 is 10.1 Å². The van der Waals surface area contributed by atoms with E-state index in [-0.39, 0.29) is 5.82 Å². The van der Waals surface area contributed by atoms with Crippen LogP contribution in [-0.2, 0) is 0 Å². The summed E-state index contributed by atoms with van der Waals surface area (Å²) in [6.45, 7) is 0. The minimum absolute atomic E-state index is 0.379. The number of nitrogens with zero attached hydrogens (tertiary/aromatic N) is 3. The van der Waals surface area contributed by atoms with Gasteiger partial charge in [0.25, 0.3) is 0 Å². The number of methoxy groups -OCH3 is 1. The SMILES string of the molecule is CN=C1C=C(c2ccc(OC)cc2F)NC(=NC)C1=NC. The highest BCUT2D eigenvalue weighted by Gasteiger charge is 2.22. The number of hydrogen-bond acceptors (Lipinski definition) is 4. The summed E-state index contributed by atoms with van der Waals surface area (Å²) >= 11 is 0. The third-order valence-electron chi connectivity index (χ3n) is 3.16. The summed E-state index contributed by atoms with van der Waals surface area (Å²) in [5.74, 6) is 0.652. The molecule has 0 fully saturated rings. The Balaban J connectivity index is 2.52. The maximum Gasteiger partial charge on any atom is 0.153 e. The number of ether oxygens (including phenoxy) is 1. The molecule has 0 spiro atoms. The fourth-order valence-corrected chi connectivity index (χ4v) is 2.09. The lowest BCUT2D eigenvalue weighted by Crippen LogP contribution is -2.39. The summed E-state index contributed by atoms with van der Waals surface area (Å²) in [6.07, 6.45) is 1.75. The van der Waals surface area contributed by atoms with Crippen molar-refractivity contribution in [2.75, 3.05) is 28.3 Å². The van der Waals surface area contributed by atoms with Crippen molar-refractivity contribution in [3.8, 4) is 5.75 Å². The van der Waals surface area contributed by atoms with Gasteiger partial charge in [0.15, 0.2) is 5.84 Å². The zero-order chi connectivity index (χ0) is 15.4. The molecule has 0 saturated carbocycles. The van der Waals surface area contributed by atoms with Crippen molar-refractivity contribution in [2.45, 2.75) is 0 Å². The number of rotatable bonds is 2. The molecule has 0 amide bonds. The second-order valence-corrected chi connectivity index (χ2v) is 4.28. The Kier molecular flexibility index (Phi) is 4.47. The monoisotopic (exact) mass is 288 g/mol. The zero-order valence-electron chi connectivity index (χ0n) is 12.4. The van der Waals surface area contributed by atoms with Gasteiger partial charge in [-0.2, -0.15) is 0 Å². The number of halogens is 1. The highest BCUT2D eigenvalue weighted by Crippen LogP contribution is 2.23. The van der Waals surface area contributed by atoms with E-state index in [2.05, 4.69) is 20.3 Å². The van der Waals surface area contributed by atoms with E-state index in [0.717, 1.165) is 0 Å². The first-order valence-corrected chi connectivity index (χ1v) is 6.38. The Bertz CT molecular complexity index is 674. The Morgan fingerprint density at radius 3 is 2.38 bits per heavy atom. The maximum atomic E-state index is 14.2. The summed E-state index contributed by atoms with van der Waals surface area (Å²) in [5.41, 5.74) is 2.32. The zero-order valence-corrected chi connectivity index (χ0v) is 12.4. The van der Waals surface area contributed by atoms with E-state index in [9.17, 15) is 4.39 Å². The molecule has 6 heteroatoms. The summed E-state index contributed by atoms with van der Waals surface area (Å²) in [4.78, 5) is 12.5. The van der Waals surface area contributed by atoms with Crippen LogP contribution in [0.4, 0.5) is 4.39 Å². The van der Waals surface area contributed by atoms with Gasteiger partial charge < -0.3 is 10.1 Å². The molecule has 0 bridgehead atoms. The largest absolute Gasteiger partial charge is 0.497 e. The van der Waals surface area contributed by atoms with Gasteiger partial charge in [0.2, 0.25) is 0 Å². The van der Waals surface area contributed by atoms with Crippen LogP contribution in [0.2, 0.25) is 0 Å². The van der Waals surface area contributed by atoms with Gasteiger partial charge in [-0.1, -0.05) is 0 Å². The van der Waals surface area contributed by atoms with Gasteiger partial charge >= 0.3 is 0 Å². The van der Waals surface area contributed by atoms with Crippen LogP contribution in [-0.4, -0.2) is 45.5 Å². The van der Waals surface area contributed by atoms with Crippen molar-refractivity contribution in [2.24, 2.45) is 15.0 Å². The molecule has 0 unspecified atom stereocenters. The van der Waals surface area contributed by atoms with Crippen molar-refractivity contribution >= 4 is 23.0 Å². The van der Waals surface area contributed by atoms with E-state index < -0.39 is 0 Å². The van der Waals surface area contributed by atoms with Crippen molar-refractivity contribution in [3.05, 3.63) is 35.7 Å². The quantitative estimate of drug-likeness (QED) is 0.904. The van der Waals surface area contributed by atoms with E-state index in [1.807, 2.05) is 0 Å². The smallest absolute Gasteiger partial charge is 0.153 e. The first-order valence-electron chi connectivity index (χ1n) is 6.38. The average Bonchev–Trinajstić information content (AvgIpc) is 2.53. The normalized spacial score (nSPS) is 20.6. The number of benzene rings is 1. The molecular weight excluding hydrogens is 271 g/mol. The first kappa shape index (κ1) is 14.9. The minimum atomic E-state index is -0.379. The molecule has 1 N–H and O–H groups in total. The predicted octanol–water partition coefficient (Wildman–Crippen LogP) is 1.95. The van der Waals surface area contributed by atoms with Crippen LogP contribution >= 0.6 is 0 Å². The fraction of sp³-hybridized carbons (Fsp3) is 0.267. The Hall–Kier alpha value is -2.50. The second-order valence-electron chi connectivity index (χ2n) is 4.28. The highest BCUT2D eigenvalue weighted by molar-refractivity contribution is 6.72. The van der Waals surface area contributed by atoms with Gasteiger partial charge in [-0.25, -0.2) is 4.39 Å². The summed E-state index contributed by atoms with van der Waals surface area (Å²) < 4.78 is 19.2. The van der Waals surface area contributed by atoms with Gasteiger partial charge in [-0.15, -0.1) is 0 Å². The maximum absolute atomic E-state index is 14.2. The van der Waals surface area contributed by atoms with E-state index in [1.54, 1.807) is 39.4 Å².